The molecule has 2 amide bonds. The minimum Gasteiger partial charge on any atom is -0.497 e. The Morgan fingerprint density at radius 3 is 2.36 bits per heavy atom. The monoisotopic (exact) mass is 519 g/mol. The van der Waals surface area contributed by atoms with Crippen LogP contribution in [0.15, 0.2) is 48.5 Å². The van der Waals surface area contributed by atoms with Crippen LogP contribution in [0.4, 0.5) is 10.1 Å². The van der Waals surface area contributed by atoms with Crippen molar-refractivity contribution in [3.05, 3.63) is 59.9 Å². The quantitative estimate of drug-likeness (QED) is 0.491. The number of amides is 2. The summed E-state index contributed by atoms with van der Waals surface area (Å²) in [4.78, 5) is 28.3. The summed E-state index contributed by atoms with van der Waals surface area (Å²) in [6.07, 6.45) is 5.20. The van der Waals surface area contributed by atoms with E-state index in [2.05, 4.69) is 5.32 Å². The predicted octanol–water partition coefficient (Wildman–Crippen LogP) is 3.47. The molecule has 10 heteroatoms. The van der Waals surface area contributed by atoms with Gasteiger partial charge in [0.05, 0.1) is 19.1 Å². The topological polar surface area (TPSA) is 96.0 Å². The number of hydrogen-bond donors (Lipinski definition) is 1. The van der Waals surface area contributed by atoms with Crippen LogP contribution in [0.2, 0.25) is 0 Å². The van der Waals surface area contributed by atoms with Crippen molar-refractivity contribution in [1.29, 1.82) is 0 Å². The van der Waals surface area contributed by atoms with E-state index in [4.69, 9.17) is 4.74 Å². The van der Waals surface area contributed by atoms with E-state index in [1.807, 2.05) is 6.92 Å². The highest BCUT2D eigenvalue weighted by Gasteiger charge is 2.33. The third kappa shape index (κ3) is 7.19. The van der Waals surface area contributed by atoms with Gasteiger partial charge in [0.15, 0.2) is 0 Å². The molecule has 0 aliphatic heterocycles. The lowest BCUT2D eigenvalue weighted by molar-refractivity contribution is -0.140. The smallest absolute Gasteiger partial charge is 0.244 e. The summed E-state index contributed by atoms with van der Waals surface area (Å²) in [7, 11) is -2.36. The molecular weight excluding hydrogens is 485 g/mol. The van der Waals surface area contributed by atoms with E-state index in [9.17, 15) is 22.4 Å². The Bertz CT molecular complexity index is 1150. The van der Waals surface area contributed by atoms with Gasteiger partial charge in [-0.1, -0.05) is 38.0 Å². The Hall–Kier alpha value is -3.14. The van der Waals surface area contributed by atoms with Gasteiger partial charge in [0.2, 0.25) is 21.8 Å². The van der Waals surface area contributed by atoms with Crippen molar-refractivity contribution in [2.24, 2.45) is 0 Å². The Labute approximate surface area is 212 Å². The summed E-state index contributed by atoms with van der Waals surface area (Å²) >= 11 is 0. The Balaban J connectivity index is 1.91. The number of hydrogen-bond acceptors (Lipinski definition) is 5. The first-order chi connectivity index (χ1) is 17.1. The highest BCUT2D eigenvalue weighted by molar-refractivity contribution is 7.92. The summed E-state index contributed by atoms with van der Waals surface area (Å²) in [6, 6.07) is 11.4. The molecule has 1 aliphatic rings. The molecule has 1 atom stereocenters. The molecule has 2 aromatic rings. The fourth-order valence-electron chi connectivity index (χ4n) is 4.46. The first-order valence-corrected chi connectivity index (χ1v) is 13.9. The molecule has 2 aromatic carbocycles. The molecule has 196 valence electrons. The number of benzene rings is 2. The van der Waals surface area contributed by atoms with Gasteiger partial charge in [-0.25, -0.2) is 12.8 Å². The van der Waals surface area contributed by atoms with Crippen molar-refractivity contribution < 1.29 is 27.1 Å². The van der Waals surface area contributed by atoms with Crippen LogP contribution >= 0.6 is 0 Å². The van der Waals surface area contributed by atoms with Gasteiger partial charge in [0.1, 0.15) is 24.2 Å². The Morgan fingerprint density at radius 2 is 1.81 bits per heavy atom. The van der Waals surface area contributed by atoms with Gasteiger partial charge < -0.3 is 15.0 Å². The van der Waals surface area contributed by atoms with Gasteiger partial charge in [-0.05, 0) is 55.2 Å². The van der Waals surface area contributed by atoms with Gasteiger partial charge in [0.25, 0.3) is 0 Å². The molecule has 1 fully saturated rings. The number of sulfonamides is 1. The number of carbonyl (C=O) groups excluding carboxylic acids is 2. The third-order valence-corrected chi connectivity index (χ3v) is 7.52. The predicted molar refractivity (Wildman–Crippen MR) is 137 cm³/mol. The normalized spacial score (nSPS) is 14.8. The summed E-state index contributed by atoms with van der Waals surface area (Å²) in [5.74, 6) is -0.792. The van der Waals surface area contributed by atoms with Gasteiger partial charge >= 0.3 is 0 Å². The lowest BCUT2D eigenvalue weighted by Crippen LogP contribution is -2.53. The first kappa shape index (κ1) is 27.4. The molecule has 1 N–H and O–H groups in total. The Morgan fingerprint density at radius 1 is 1.14 bits per heavy atom. The van der Waals surface area contributed by atoms with Gasteiger partial charge in [-0.15, -0.1) is 0 Å². The second-order valence-corrected chi connectivity index (χ2v) is 10.9. The molecule has 8 nitrogen and oxygen atoms in total. The highest BCUT2D eigenvalue weighted by Crippen LogP contribution is 2.22. The lowest BCUT2D eigenvalue weighted by atomic mass is 10.1. The molecule has 3 rings (SSSR count). The van der Waals surface area contributed by atoms with Crippen molar-refractivity contribution in [2.45, 2.75) is 57.7 Å². The van der Waals surface area contributed by atoms with E-state index < -0.39 is 34.3 Å². The fourth-order valence-corrected chi connectivity index (χ4v) is 5.30. The fraction of sp³-hybridized carbons (Fsp3) is 0.462. The van der Waals surface area contributed by atoms with Crippen LogP contribution in [0.25, 0.3) is 0 Å². The standard InChI is InChI=1S/C26H34FN3O5S/c1-4-24(26(32)28-21-9-5-6-10-21)29(17-19-12-14-23(35-2)15-13-19)25(31)18-30(36(3,33)34)22-11-7-8-20(27)16-22/h7-8,11-16,21,24H,4-6,9-10,17-18H2,1-3H3,(H,28,32)/t24-/m0/s1. The van der Waals surface area contributed by atoms with Crippen molar-refractivity contribution in [3.8, 4) is 5.75 Å². The number of nitrogens with one attached hydrogen (secondary N) is 1. The van der Waals surface area contributed by atoms with Crippen LogP contribution in [0, 0.1) is 5.82 Å². The van der Waals surface area contributed by atoms with Gasteiger partial charge in [-0.3, -0.25) is 13.9 Å². The zero-order chi connectivity index (χ0) is 26.3. The van der Waals surface area contributed by atoms with Gasteiger partial charge in [-0.2, -0.15) is 0 Å². The summed E-state index contributed by atoms with van der Waals surface area (Å²) in [6.45, 7) is 1.35. The number of nitrogens with zero attached hydrogens (tertiary/aromatic N) is 2. The molecule has 1 aliphatic carbocycles. The van der Waals surface area contributed by atoms with E-state index in [0.717, 1.165) is 47.9 Å². The van der Waals surface area contributed by atoms with Crippen LogP contribution in [0.1, 0.15) is 44.6 Å². The van der Waals surface area contributed by atoms with Crippen LogP contribution in [-0.4, -0.2) is 57.1 Å². The summed E-state index contributed by atoms with van der Waals surface area (Å²) in [5.41, 5.74) is 0.798. The number of ether oxygens (including phenoxy) is 1. The van der Waals surface area contributed by atoms with E-state index in [1.165, 1.54) is 23.1 Å². The summed E-state index contributed by atoms with van der Waals surface area (Å²) in [5, 5.41) is 3.06. The number of halogens is 1. The molecule has 0 spiro atoms. The van der Waals surface area contributed by atoms with Crippen LogP contribution < -0.4 is 14.4 Å². The average molecular weight is 520 g/mol. The second-order valence-electron chi connectivity index (χ2n) is 9.03. The van der Waals surface area contributed by atoms with Crippen molar-refractivity contribution in [2.75, 3.05) is 24.2 Å². The zero-order valence-corrected chi connectivity index (χ0v) is 21.8. The molecule has 0 unspecified atom stereocenters. The maximum Gasteiger partial charge on any atom is 0.244 e. The number of rotatable bonds is 11. The third-order valence-electron chi connectivity index (χ3n) is 6.37. The minimum atomic E-state index is -3.91. The number of anilines is 1. The van der Waals surface area contributed by atoms with Crippen molar-refractivity contribution in [1.82, 2.24) is 10.2 Å². The summed E-state index contributed by atoms with van der Waals surface area (Å²) < 4.78 is 45.1. The largest absolute Gasteiger partial charge is 0.497 e. The second kappa shape index (κ2) is 12.2. The molecule has 0 heterocycles. The number of carbonyl (C=O) groups is 2. The minimum absolute atomic E-state index is 0.0405. The SMILES string of the molecule is CC[C@@H](C(=O)NC1CCCC1)N(Cc1ccc(OC)cc1)C(=O)CN(c1cccc(F)c1)S(C)(=O)=O. The first-order valence-electron chi connectivity index (χ1n) is 12.1. The van der Waals surface area contributed by atoms with Crippen LogP contribution in [0.5, 0.6) is 5.75 Å². The van der Waals surface area contributed by atoms with Gasteiger partial charge in [0, 0.05) is 12.6 Å². The molecular formula is C26H34FN3O5S. The molecule has 1 saturated carbocycles. The van der Waals surface area contributed by atoms with Crippen molar-refractivity contribution in [3.63, 3.8) is 0 Å². The molecule has 0 saturated heterocycles. The molecule has 36 heavy (non-hydrogen) atoms. The lowest BCUT2D eigenvalue weighted by Gasteiger charge is -2.33. The molecule has 0 bridgehead atoms. The van der Waals surface area contributed by atoms with Crippen molar-refractivity contribution >= 4 is 27.5 Å². The van der Waals surface area contributed by atoms with E-state index >= 15 is 0 Å². The Kier molecular flexibility index (Phi) is 9.31. The van der Waals surface area contributed by atoms with E-state index in [-0.39, 0.29) is 24.2 Å². The number of methoxy groups -OCH3 is 1. The maximum absolute atomic E-state index is 13.9. The molecule has 0 aromatic heterocycles. The maximum atomic E-state index is 13.9. The van der Waals surface area contributed by atoms with Crippen LogP contribution in [0.3, 0.4) is 0 Å². The average Bonchev–Trinajstić information content (AvgIpc) is 3.35. The zero-order valence-electron chi connectivity index (χ0n) is 20.9. The van der Waals surface area contributed by atoms with Crippen LogP contribution in [-0.2, 0) is 26.2 Å². The molecule has 0 radical (unpaired) electrons. The van der Waals surface area contributed by atoms with E-state index in [1.54, 1.807) is 31.4 Å². The highest BCUT2D eigenvalue weighted by atomic mass is 32.2. The van der Waals surface area contributed by atoms with E-state index in [0.29, 0.717) is 12.2 Å².